The Labute approximate surface area is 138 Å². The van der Waals surface area contributed by atoms with Crippen LogP contribution < -0.4 is 10.6 Å². The van der Waals surface area contributed by atoms with Gasteiger partial charge in [0.15, 0.2) is 5.82 Å². The molecule has 1 aliphatic heterocycles. The van der Waals surface area contributed by atoms with E-state index >= 15 is 0 Å². The van der Waals surface area contributed by atoms with Crippen molar-refractivity contribution in [2.45, 2.75) is 32.0 Å². The Balaban J connectivity index is 1.77. The van der Waals surface area contributed by atoms with Gasteiger partial charge in [-0.15, -0.1) is 0 Å². The maximum atomic E-state index is 11.9. The maximum Gasteiger partial charge on any atom is 0.343 e. The number of imidazole rings is 1. The van der Waals surface area contributed by atoms with Crippen LogP contribution in [0.15, 0.2) is 29.1 Å². The van der Waals surface area contributed by atoms with E-state index in [-0.39, 0.29) is 17.8 Å². The van der Waals surface area contributed by atoms with Gasteiger partial charge in [-0.2, -0.15) is 5.10 Å². The molecule has 0 spiro atoms. The van der Waals surface area contributed by atoms with Gasteiger partial charge in [-0.05, 0) is 19.1 Å². The number of fused-ring (bicyclic) bond motifs is 1. The van der Waals surface area contributed by atoms with Crippen molar-refractivity contribution in [1.82, 2.24) is 24.7 Å². The van der Waals surface area contributed by atoms with Gasteiger partial charge >= 0.3 is 5.69 Å². The minimum absolute atomic E-state index is 0.0607. The molecule has 2 aromatic heterocycles. The van der Waals surface area contributed by atoms with Crippen LogP contribution in [-0.4, -0.2) is 44.5 Å². The number of para-hydroxylation sites is 2. The van der Waals surface area contributed by atoms with Crippen LogP contribution >= 0.6 is 0 Å². The van der Waals surface area contributed by atoms with Gasteiger partial charge in [-0.25, -0.2) is 14.9 Å². The second-order valence-corrected chi connectivity index (χ2v) is 5.97. The van der Waals surface area contributed by atoms with E-state index < -0.39 is 0 Å². The van der Waals surface area contributed by atoms with Gasteiger partial charge in [0.25, 0.3) is 0 Å². The third kappa shape index (κ3) is 2.30. The van der Waals surface area contributed by atoms with Crippen molar-refractivity contribution in [3.63, 3.8) is 0 Å². The summed E-state index contributed by atoms with van der Waals surface area (Å²) in [6.07, 6.45) is 0.831. The lowest BCUT2D eigenvalue weighted by atomic mass is 10.2. The van der Waals surface area contributed by atoms with Crippen molar-refractivity contribution < 1.29 is 4.74 Å². The molecule has 8 heteroatoms. The van der Waals surface area contributed by atoms with Gasteiger partial charge in [0.1, 0.15) is 0 Å². The molecular weight excluding hydrogens is 308 g/mol. The molecule has 0 bridgehead atoms. The number of benzene rings is 1. The van der Waals surface area contributed by atoms with Crippen molar-refractivity contribution in [2.24, 2.45) is 0 Å². The van der Waals surface area contributed by atoms with Crippen molar-refractivity contribution >= 4 is 17.0 Å². The highest BCUT2D eigenvalue weighted by Gasteiger charge is 2.38. The molecule has 0 radical (unpaired) electrons. The summed E-state index contributed by atoms with van der Waals surface area (Å²) in [5.74, 6) is 1.50. The molecule has 1 aromatic carbocycles. The Bertz CT molecular complexity index is 878. The lowest BCUT2D eigenvalue weighted by Gasteiger charge is -2.23. The Morgan fingerprint density at radius 2 is 2.21 bits per heavy atom. The highest BCUT2D eigenvalue weighted by atomic mass is 16.5. The molecule has 2 atom stereocenters. The van der Waals surface area contributed by atoms with Crippen LogP contribution in [0.25, 0.3) is 11.0 Å². The lowest BCUT2D eigenvalue weighted by Crippen LogP contribution is -2.29. The summed E-state index contributed by atoms with van der Waals surface area (Å²) >= 11 is 0. The van der Waals surface area contributed by atoms with Crippen molar-refractivity contribution in [2.75, 3.05) is 18.6 Å². The fourth-order valence-corrected chi connectivity index (χ4v) is 3.41. The molecule has 3 aromatic rings. The average molecular weight is 328 g/mol. The topological polar surface area (TPSA) is 91.8 Å². The first-order valence-electron chi connectivity index (χ1n) is 8.10. The summed E-state index contributed by atoms with van der Waals surface area (Å²) in [4.78, 5) is 22.1. The van der Waals surface area contributed by atoms with Crippen molar-refractivity contribution in [3.8, 4) is 0 Å². The van der Waals surface area contributed by atoms with Gasteiger partial charge in [-0.1, -0.05) is 12.1 Å². The number of anilines is 1. The van der Waals surface area contributed by atoms with E-state index in [4.69, 9.17) is 9.72 Å². The second-order valence-electron chi connectivity index (χ2n) is 5.97. The van der Waals surface area contributed by atoms with Gasteiger partial charge < -0.3 is 14.6 Å². The number of hydrogen-bond acceptors (Lipinski definition) is 5. The maximum absolute atomic E-state index is 11.9. The number of H-pyrrole nitrogens is 2. The Morgan fingerprint density at radius 3 is 2.96 bits per heavy atom. The summed E-state index contributed by atoms with van der Waals surface area (Å²) in [5.41, 5.74) is 1.72. The summed E-state index contributed by atoms with van der Waals surface area (Å²) in [7, 11) is 1.71. The average Bonchev–Trinajstić information content (AvgIpc) is 3.29. The quantitative estimate of drug-likeness (QED) is 0.756. The summed E-state index contributed by atoms with van der Waals surface area (Å²) in [6, 6.07) is 7.86. The van der Waals surface area contributed by atoms with Crippen LogP contribution in [0.1, 0.15) is 25.2 Å². The fourth-order valence-electron chi connectivity index (χ4n) is 3.41. The molecule has 0 aliphatic carbocycles. The van der Waals surface area contributed by atoms with E-state index in [1.54, 1.807) is 11.7 Å². The number of nitrogens with one attached hydrogen (secondary N) is 2. The highest BCUT2D eigenvalue weighted by Crippen LogP contribution is 2.35. The standard InChI is InChI=1S/C16H20N6O2/c1-3-21-14(19-20-16(21)23)13-8-10(24-2)9-22(13)15-17-11-6-4-5-7-12(11)18-15/h4-7,10,13H,3,8-9H2,1-2H3,(H,17,18)(H,20,23)/t10-,13-/m0/s1. The molecule has 0 saturated carbocycles. The number of aromatic amines is 2. The monoisotopic (exact) mass is 328 g/mol. The van der Waals surface area contributed by atoms with E-state index in [2.05, 4.69) is 20.1 Å². The second kappa shape index (κ2) is 5.79. The summed E-state index contributed by atoms with van der Waals surface area (Å²) in [5, 5.41) is 6.81. The molecule has 8 nitrogen and oxygen atoms in total. The van der Waals surface area contributed by atoms with Gasteiger partial charge in [0.2, 0.25) is 5.95 Å². The zero-order chi connectivity index (χ0) is 16.7. The molecule has 24 heavy (non-hydrogen) atoms. The highest BCUT2D eigenvalue weighted by molar-refractivity contribution is 5.77. The van der Waals surface area contributed by atoms with Crippen molar-refractivity contribution in [3.05, 3.63) is 40.6 Å². The molecule has 2 N–H and O–H groups in total. The number of methoxy groups -OCH3 is 1. The van der Waals surface area contributed by atoms with E-state index in [1.807, 2.05) is 31.2 Å². The lowest BCUT2D eigenvalue weighted by molar-refractivity contribution is 0.118. The number of ether oxygens (including phenoxy) is 1. The normalized spacial score (nSPS) is 21.0. The minimum atomic E-state index is -0.182. The Hall–Kier alpha value is -2.61. The number of aromatic nitrogens is 5. The molecule has 3 heterocycles. The first-order valence-corrected chi connectivity index (χ1v) is 8.10. The zero-order valence-corrected chi connectivity index (χ0v) is 13.7. The van der Waals surface area contributed by atoms with Gasteiger partial charge in [0, 0.05) is 26.6 Å². The van der Waals surface area contributed by atoms with E-state index in [0.717, 1.165) is 29.2 Å². The van der Waals surface area contributed by atoms with Crippen LogP contribution in [0.2, 0.25) is 0 Å². The first kappa shape index (κ1) is 14.9. The Morgan fingerprint density at radius 1 is 1.38 bits per heavy atom. The predicted molar refractivity (Wildman–Crippen MR) is 90.1 cm³/mol. The minimum Gasteiger partial charge on any atom is -0.380 e. The summed E-state index contributed by atoms with van der Waals surface area (Å²) in [6.45, 7) is 3.22. The summed E-state index contributed by atoms with van der Waals surface area (Å²) < 4.78 is 7.23. The molecular formula is C16H20N6O2. The van der Waals surface area contributed by atoms with Gasteiger partial charge in [0.05, 0.1) is 23.2 Å². The van der Waals surface area contributed by atoms with Crippen LogP contribution in [0.4, 0.5) is 5.95 Å². The largest absolute Gasteiger partial charge is 0.380 e. The van der Waals surface area contributed by atoms with Crippen LogP contribution in [0.5, 0.6) is 0 Å². The molecule has 1 saturated heterocycles. The SMILES string of the molecule is CCn1c([C@@H]2C[C@H](OC)CN2c2nc3ccccc3[nH]2)n[nH]c1=O. The third-order valence-electron chi connectivity index (χ3n) is 4.65. The van der Waals surface area contributed by atoms with Gasteiger partial charge in [-0.3, -0.25) is 4.57 Å². The van der Waals surface area contributed by atoms with Crippen LogP contribution in [0, 0.1) is 0 Å². The molecule has 0 amide bonds. The van der Waals surface area contributed by atoms with E-state index in [9.17, 15) is 4.79 Å². The first-order chi connectivity index (χ1) is 11.7. The number of hydrogen-bond donors (Lipinski definition) is 2. The zero-order valence-electron chi connectivity index (χ0n) is 13.7. The third-order valence-corrected chi connectivity index (χ3v) is 4.65. The van der Waals surface area contributed by atoms with Crippen LogP contribution in [-0.2, 0) is 11.3 Å². The van der Waals surface area contributed by atoms with E-state index in [1.165, 1.54) is 0 Å². The molecule has 0 unspecified atom stereocenters. The molecule has 1 fully saturated rings. The molecule has 1 aliphatic rings. The smallest absolute Gasteiger partial charge is 0.343 e. The van der Waals surface area contributed by atoms with E-state index in [0.29, 0.717) is 13.1 Å². The number of rotatable bonds is 4. The predicted octanol–water partition coefficient (Wildman–Crippen LogP) is 1.43. The van der Waals surface area contributed by atoms with Crippen LogP contribution in [0.3, 0.4) is 0 Å². The fraction of sp³-hybridized carbons (Fsp3) is 0.438. The number of nitrogens with zero attached hydrogens (tertiary/aromatic N) is 4. The Kier molecular flexibility index (Phi) is 3.61. The van der Waals surface area contributed by atoms with Crippen molar-refractivity contribution in [1.29, 1.82) is 0 Å². The molecule has 126 valence electrons. The molecule has 4 rings (SSSR count).